The maximum atomic E-state index is 12.4. The fourth-order valence-corrected chi connectivity index (χ4v) is 3.82. The van der Waals surface area contributed by atoms with E-state index in [0.29, 0.717) is 36.2 Å². The van der Waals surface area contributed by atoms with Gasteiger partial charge in [-0.1, -0.05) is 18.2 Å². The molecular formula is C19H22N2O4S. The molecule has 0 aliphatic carbocycles. The van der Waals surface area contributed by atoms with Crippen LogP contribution < -0.4 is 10.1 Å². The monoisotopic (exact) mass is 374 g/mol. The van der Waals surface area contributed by atoms with Gasteiger partial charge in [0.1, 0.15) is 17.2 Å². The smallest absolute Gasteiger partial charge is 0.348 e. The summed E-state index contributed by atoms with van der Waals surface area (Å²) in [5.41, 5.74) is 1.88. The maximum absolute atomic E-state index is 12.4. The van der Waals surface area contributed by atoms with Crippen LogP contribution in [0, 0.1) is 6.92 Å². The number of hydrogen-bond acceptors (Lipinski definition) is 6. The standard InChI is InChI=1S/C19H22N2O4S/c1-3-24-19(23)18-13(2)10-17(26-18)20-16(22)12-21-8-9-25-15-7-5-4-6-14(15)11-21/h4-7,10H,3,8-9,11-12H2,1-2H3,(H,20,22). The van der Waals surface area contributed by atoms with E-state index in [1.807, 2.05) is 36.1 Å². The summed E-state index contributed by atoms with van der Waals surface area (Å²) in [6, 6.07) is 9.68. The minimum atomic E-state index is -0.350. The van der Waals surface area contributed by atoms with E-state index in [9.17, 15) is 9.59 Å². The highest BCUT2D eigenvalue weighted by molar-refractivity contribution is 7.18. The molecule has 1 N–H and O–H groups in total. The summed E-state index contributed by atoms with van der Waals surface area (Å²) in [5, 5.41) is 3.54. The quantitative estimate of drug-likeness (QED) is 0.815. The third kappa shape index (κ3) is 4.42. The van der Waals surface area contributed by atoms with Crippen LogP contribution in [0.1, 0.15) is 27.7 Å². The van der Waals surface area contributed by atoms with Crippen LogP contribution in [0.25, 0.3) is 0 Å². The Labute approximate surface area is 156 Å². The molecular weight excluding hydrogens is 352 g/mol. The van der Waals surface area contributed by atoms with Gasteiger partial charge >= 0.3 is 5.97 Å². The summed E-state index contributed by atoms with van der Waals surface area (Å²) < 4.78 is 10.8. The number of carbonyl (C=O) groups excluding carboxylic acids is 2. The highest BCUT2D eigenvalue weighted by Crippen LogP contribution is 2.27. The van der Waals surface area contributed by atoms with Gasteiger partial charge in [0.15, 0.2) is 0 Å². The van der Waals surface area contributed by atoms with Crippen LogP contribution in [0.2, 0.25) is 0 Å². The Kier molecular flexibility index (Phi) is 5.90. The predicted octanol–water partition coefficient (Wildman–Crippen LogP) is 3.07. The van der Waals surface area contributed by atoms with E-state index in [-0.39, 0.29) is 18.4 Å². The molecule has 1 aromatic carbocycles. The van der Waals surface area contributed by atoms with Gasteiger partial charge in [0, 0.05) is 18.7 Å². The van der Waals surface area contributed by atoms with Crippen molar-refractivity contribution in [2.24, 2.45) is 0 Å². The van der Waals surface area contributed by atoms with Gasteiger partial charge in [0.25, 0.3) is 0 Å². The van der Waals surface area contributed by atoms with Crippen LogP contribution >= 0.6 is 11.3 Å². The predicted molar refractivity (Wildman–Crippen MR) is 101 cm³/mol. The Hall–Kier alpha value is -2.38. The molecule has 6 nitrogen and oxygen atoms in total. The molecule has 0 saturated carbocycles. The number of amides is 1. The molecule has 0 atom stereocenters. The Bertz CT molecular complexity index is 803. The van der Waals surface area contributed by atoms with Crippen molar-refractivity contribution in [3.05, 3.63) is 46.3 Å². The number of nitrogens with zero attached hydrogens (tertiary/aromatic N) is 1. The van der Waals surface area contributed by atoms with Crippen molar-refractivity contribution < 1.29 is 19.1 Å². The molecule has 26 heavy (non-hydrogen) atoms. The van der Waals surface area contributed by atoms with Crippen molar-refractivity contribution in [1.82, 2.24) is 4.90 Å². The number of para-hydroxylation sites is 1. The van der Waals surface area contributed by atoms with E-state index >= 15 is 0 Å². The summed E-state index contributed by atoms with van der Waals surface area (Å²) in [6.45, 7) is 6.10. The summed E-state index contributed by atoms with van der Waals surface area (Å²) in [7, 11) is 0. The number of carbonyl (C=O) groups is 2. The number of nitrogens with one attached hydrogen (secondary N) is 1. The Balaban J connectivity index is 1.61. The van der Waals surface area contributed by atoms with Gasteiger partial charge in [-0.25, -0.2) is 4.79 Å². The van der Waals surface area contributed by atoms with Crippen molar-refractivity contribution in [3.8, 4) is 5.75 Å². The van der Waals surface area contributed by atoms with E-state index in [4.69, 9.17) is 9.47 Å². The van der Waals surface area contributed by atoms with Gasteiger partial charge in [-0.2, -0.15) is 0 Å². The summed E-state index contributed by atoms with van der Waals surface area (Å²) in [4.78, 5) is 26.9. The van der Waals surface area contributed by atoms with Crippen molar-refractivity contribution in [2.45, 2.75) is 20.4 Å². The molecule has 0 spiro atoms. The molecule has 0 radical (unpaired) electrons. The molecule has 7 heteroatoms. The lowest BCUT2D eigenvalue weighted by Gasteiger charge is -2.18. The molecule has 1 aromatic heterocycles. The number of ether oxygens (including phenoxy) is 2. The third-order valence-corrected chi connectivity index (χ3v) is 5.17. The average Bonchev–Trinajstić information content (AvgIpc) is 2.84. The second kappa shape index (κ2) is 8.33. The fourth-order valence-electron chi connectivity index (χ4n) is 2.84. The topological polar surface area (TPSA) is 67.9 Å². The molecule has 1 amide bonds. The number of esters is 1. The minimum absolute atomic E-state index is 0.110. The van der Waals surface area contributed by atoms with Gasteiger partial charge in [-0.05, 0) is 31.5 Å². The zero-order valence-corrected chi connectivity index (χ0v) is 15.7. The van der Waals surface area contributed by atoms with Crippen LogP contribution in [-0.4, -0.2) is 43.1 Å². The fraction of sp³-hybridized carbons (Fsp3) is 0.368. The number of anilines is 1. The normalized spacial score (nSPS) is 14.1. The van der Waals surface area contributed by atoms with Crippen molar-refractivity contribution >= 4 is 28.2 Å². The van der Waals surface area contributed by atoms with E-state index in [2.05, 4.69) is 5.32 Å². The lowest BCUT2D eigenvalue weighted by molar-refractivity contribution is -0.117. The molecule has 0 unspecified atom stereocenters. The minimum Gasteiger partial charge on any atom is -0.492 e. The first kappa shape index (κ1) is 18.4. The van der Waals surface area contributed by atoms with Crippen LogP contribution in [0.5, 0.6) is 5.75 Å². The lowest BCUT2D eigenvalue weighted by Crippen LogP contribution is -2.34. The van der Waals surface area contributed by atoms with Crippen molar-refractivity contribution in [1.29, 1.82) is 0 Å². The Morgan fingerprint density at radius 3 is 2.96 bits per heavy atom. The number of benzene rings is 1. The lowest BCUT2D eigenvalue weighted by atomic mass is 10.2. The van der Waals surface area contributed by atoms with E-state index in [1.165, 1.54) is 11.3 Å². The van der Waals surface area contributed by atoms with Crippen LogP contribution in [0.15, 0.2) is 30.3 Å². The Morgan fingerprint density at radius 1 is 1.35 bits per heavy atom. The first-order chi connectivity index (χ1) is 12.6. The molecule has 3 rings (SSSR count). The van der Waals surface area contributed by atoms with E-state index in [0.717, 1.165) is 16.9 Å². The Morgan fingerprint density at radius 2 is 2.15 bits per heavy atom. The zero-order valence-electron chi connectivity index (χ0n) is 14.9. The second-order valence-corrected chi connectivity index (χ2v) is 7.11. The van der Waals surface area contributed by atoms with Crippen molar-refractivity contribution in [3.63, 3.8) is 0 Å². The molecule has 2 heterocycles. The first-order valence-corrected chi connectivity index (χ1v) is 9.39. The summed E-state index contributed by atoms with van der Waals surface area (Å²) in [6.07, 6.45) is 0. The molecule has 0 bridgehead atoms. The highest BCUT2D eigenvalue weighted by atomic mass is 32.1. The van der Waals surface area contributed by atoms with Crippen LogP contribution in [-0.2, 0) is 16.1 Å². The third-order valence-electron chi connectivity index (χ3n) is 4.04. The number of rotatable bonds is 5. The molecule has 138 valence electrons. The number of aryl methyl sites for hydroxylation is 1. The van der Waals surface area contributed by atoms with Gasteiger partial charge in [0.05, 0.1) is 18.2 Å². The maximum Gasteiger partial charge on any atom is 0.348 e. The number of fused-ring (bicyclic) bond motifs is 1. The summed E-state index contributed by atoms with van der Waals surface area (Å²) in [5.74, 6) is 0.418. The van der Waals surface area contributed by atoms with Gasteiger partial charge < -0.3 is 14.8 Å². The van der Waals surface area contributed by atoms with Gasteiger partial charge in [-0.15, -0.1) is 11.3 Å². The van der Waals surface area contributed by atoms with Crippen molar-refractivity contribution in [2.75, 3.05) is 31.6 Å². The van der Waals surface area contributed by atoms with E-state index < -0.39 is 0 Å². The molecule has 1 aliphatic rings. The number of thiophene rings is 1. The van der Waals surface area contributed by atoms with Crippen LogP contribution in [0.4, 0.5) is 5.00 Å². The zero-order chi connectivity index (χ0) is 18.5. The molecule has 0 fully saturated rings. The largest absolute Gasteiger partial charge is 0.492 e. The molecule has 2 aromatic rings. The van der Waals surface area contributed by atoms with Crippen LogP contribution in [0.3, 0.4) is 0 Å². The molecule has 0 saturated heterocycles. The average molecular weight is 374 g/mol. The summed E-state index contributed by atoms with van der Waals surface area (Å²) >= 11 is 1.24. The molecule has 1 aliphatic heterocycles. The number of hydrogen-bond donors (Lipinski definition) is 1. The second-order valence-electron chi connectivity index (χ2n) is 6.06. The first-order valence-electron chi connectivity index (χ1n) is 8.57. The SMILES string of the molecule is CCOC(=O)c1sc(NC(=O)CN2CCOc3ccccc3C2)cc1C. The van der Waals surface area contributed by atoms with Gasteiger partial charge in [-0.3, -0.25) is 9.69 Å². The van der Waals surface area contributed by atoms with E-state index in [1.54, 1.807) is 13.0 Å². The highest BCUT2D eigenvalue weighted by Gasteiger charge is 2.19. The van der Waals surface area contributed by atoms with Gasteiger partial charge in [0.2, 0.25) is 5.91 Å².